The number of benzene rings is 1. The second-order valence-corrected chi connectivity index (χ2v) is 3.81. The lowest BCUT2D eigenvalue weighted by Gasteiger charge is -2.05. The van der Waals surface area contributed by atoms with E-state index in [9.17, 15) is 13.2 Å². The van der Waals surface area contributed by atoms with E-state index in [-0.39, 0.29) is 6.04 Å². The third-order valence-corrected chi connectivity index (χ3v) is 2.46. The molecular weight excluding hydrogens is 217 g/mol. The van der Waals surface area contributed by atoms with Gasteiger partial charge in [-0.25, -0.2) is 0 Å². The molecule has 0 aliphatic carbocycles. The summed E-state index contributed by atoms with van der Waals surface area (Å²) < 4.78 is 37.3. The molecule has 0 saturated heterocycles. The van der Waals surface area contributed by atoms with Gasteiger partial charge in [-0.05, 0) is 31.2 Å². The molecule has 16 heavy (non-hydrogen) atoms. The van der Waals surface area contributed by atoms with Crippen molar-refractivity contribution in [1.82, 2.24) is 4.98 Å². The van der Waals surface area contributed by atoms with Gasteiger partial charge in [-0.3, -0.25) is 0 Å². The predicted octanol–water partition coefficient (Wildman–Crippen LogP) is 3.21. The molecule has 86 valence electrons. The van der Waals surface area contributed by atoms with Crippen molar-refractivity contribution in [3.63, 3.8) is 0 Å². The highest BCUT2D eigenvalue weighted by atomic mass is 19.4. The van der Waals surface area contributed by atoms with Crippen LogP contribution in [0.3, 0.4) is 0 Å². The zero-order chi connectivity index (χ0) is 11.9. The Morgan fingerprint density at radius 3 is 2.50 bits per heavy atom. The molecule has 1 aromatic carbocycles. The highest BCUT2D eigenvalue weighted by Crippen LogP contribution is 2.31. The van der Waals surface area contributed by atoms with Crippen LogP contribution >= 0.6 is 0 Å². The average molecular weight is 228 g/mol. The lowest BCUT2D eigenvalue weighted by molar-refractivity contribution is -0.137. The van der Waals surface area contributed by atoms with Crippen molar-refractivity contribution in [3.8, 4) is 0 Å². The van der Waals surface area contributed by atoms with Crippen LogP contribution < -0.4 is 5.73 Å². The minimum absolute atomic E-state index is 0.221. The van der Waals surface area contributed by atoms with Gasteiger partial charge in [0.25, 0.3) is 0 Å². The van der Waals surface area contributed by atoms with Gasteiger partial charge < -0.3 is 10.7 Å². The van der Waals surface area contributed by atoms with Crippen molar-refractivity contribution in [2.75, 3.05) is 0 Å². The number of hydrogen-bond acceptors (Lipinski definition) is 1. The number of aromatic nitrogens is 1. The van der Waals surface area contributed by atoms with Crippen LogP contribution in [0.4, 0.5) is 13.2 Å². The fourth-order valence-corrected chi connectivity index (χ4v) is 1.58. The topological polar surface area (TPSA) is 41.8 Å². The van der Waals surface area contributed by atoms with Gasteiger partial charge in [0.15, 0.2) is 0 Å². The van der Waals surface area contributed by atoms with Crippen LogP contribution in [0, 0.1) is 0 Å². The molecule has 0 amide bonds. The monoisotopic (exact) mass is 228 g/mol. The Morgan fingerprint density at radius 1 is 1.25 bits per heavy atom. The Labute approximate surface area is 90.3 Å². The zero-order valence-corrected chi connectivity index (χ0v) is 8.60. The van der Waals surface area contributed by atoms with Gasteiger partial charge in [0.2, 0.25) is 0 Å². The van der Waals surface area contributed by atoms with E-state index < -0.39 is 11.7 Å². The van der Waals surface area contributed by atoms with E-state index in [1.807, 2.05) is 0 Å². The van der Waals surface area contributed by atoms with Gasteiger partial charge in [0, 0.05) is 22.6 Å². The highest BCUT2D eigenvalue weighted by molar-refractivity contribution is 5.81. The summed E-state index contributed by atoms with van der Waals surface area (Å²) in [6.45, 7) is 1.77. The second kappa shape index (κ2) is 3.52. The Kier molecular flexibility index (Phi) is 2.42. The van der Waals surface area contributed by atoms with Crippen LogP contribution in [0.25, 0.3) is 10.9 Å². The minimum atomic E-state index is -4.31. The van der Waals surface area contributed by atoms with Gasteiger partial charge in [0.1, 0.15) is 0 Å². The average Bonchev–Trinajstić information content (AvgIpc) is 2.58. The van der Waals surface area contributed by atoms with E-state index in [0.29, 0.717) is 10.9 Å². The van der Waals surface area contributed by atoms with E-state index in [0.717, 1.165) is 17.8 Å². The second-order valence-electron chi connectivity index (χ2n) is 3.81. The maximum absolute atomic E-state index is 12.4. The van der Waals surface area contributed by atoms with Crippen molar-refractivity contribution in [2.24, 2.45) is 5.73 Å². The molecule has 3 N–H and O–H groups in total. The standard InChI is InChI=1S/C11H11F3N2/c1-6(15)10-5-7-4-8(11(12,13)14)2-3-9(7)16-10/h2-6,16H,15H2,1H3. The van der Waals surface area contributed by atoms with Crippen LogP contribution in [0.5, 0.6) is 0 Å². The fraction of sp³-hybridized carbons (Fsp3) is 0.273. The van der Waals surface area contributed by atoms with Gasteiger partial charge in [-0.2, -0.15) is 13.2 Å². The Balaban J connectivity index is 2.54. The van der Waals surface area contributed by atoms with E-state index in [2.05, 4.69) is 4.98 Å². The number of H-pyrrole nitrogens is 1. The summed E-state index contributed by atoms with van der Waals surface area (Å²) in [6.07, 6.45) is -4.31. The summed E-state index contributed by atoms with van der Waals surface area (Å²) in [5, 5.41) is 0.530. The number of aromatic amines is 1. The van der Waals surface area contributed by atoms with Crippen LogP contribution in [0.1, 0.15) is 24.2 Å². The van der Waals surface area contributed by atoms with Crippen molar-refractivity contribution in [3.05, 3.63) is 35.5 Å². The van der Waals surface area contributed by atoms with Crippen molar-refractivity contribution < 1.29 is 13.2 Å². The minimum Gasteiger partial charge on any atom is -0.357 e. The number of nitrogens with two attached hydrogens (primary N) is 1. The third-order valence-electron chi connectivity index (χ3n) is 2.46. The summed E-state index contributed by atoms with van der Waals surface area (Å²) in [6, 6.07) is 5.03. The lowest BCUT2D eigenvalue weighted by atomic mass is 10.1. The molecule has 1 heterocycles. The molecule has 1 unspecified atom stereocenters. The summed E-state index contributed by atoms with van der Waals surface area (Å²) >= 11 is 0. The zero-order valence-electron chi connectivity index (χ0n) is 8.60. The van der Waals surface area contributed by atoms with Gasteiger partial charge in [-0.1, -0.05) is 0 Å². The molecule has 2 rings (SSSR count). The van der Waals surface area contributed by atoms with E-state index in [1.165, 1.54) is 6.07 Å². The molecule has 0 bridgehead atoms. The van der Waals surface area contributed by atoms with E-state index in [1.54, 1.807) is 13.0 Å². The highest BCUT2D eigenvalue weighted by Gasteiger charge is 2.30. The van der Waals surface area contributed by atoms with Crippen LogP contribution in [0.2, 0.25) is 0 Å². The summed E-state index contributed by atoms with van der Waals surface area (Å²) in [7, 11) is 0. The van der Waals surface area contributed by atoms with Gasteiger partial charge in [0.05, 0.1) is 5.56 Å². The molecule has 0 spiro atoms. The van der Waals surface area contributed by atoms with Crippen molar-refractivity contribution >= 4 is 10.9 Å². The van der Waals surface area contributed by atoms with Crippen molar-refractivity contribution in [2.45, 2.75) is 19.1 Å². The lowest BCUT2D eigenvalue weighted by Crippen LogP contribution is -2.04. The summed E-state index contributed by atoms with van der Waals surface area (Å²) in [4.78, 5) is 2.98. The normalized spacial score (nSPS) is 14.3. The Morgan fingerprint density at radius 2 is 1.94 bits per heavy atom. The molecule has 1 atom stereocenters. The molecule has 5 heteroatoms. The number of fused-ring (bicyclic) bond motifs is 1. The third kappa shape index (κ3) is 1.90. The first-order valence-corrected chi connectivity index (χ1v) is 4.83. The molecule has 0 saturated carbocycles. The first-order valence-electron chi connectivity index (χ1n) is 4.83. The maximum atomic E-state index is 12.4. The van der Waals surface area contributed by atoms with Crippen molar-refractivity contribution in [1.29, 1.82) is 0 Å². The van der Waals surface area contributed by atoms with Gasteiger partial charge >= 0.3 is 6.18 Å². The van der Waals surface area contributed by atoms with Crippen LogP contribution in [0.15, 0.2) is 24.3 Å². The predicted molar refractivity (Wildman–Crippen MR) is 55.9 cm³/mol. The molecule has 2 nitrogen and oxygen atoms in total. The van der Waals surface area contributed by atoms with E-state index in [4.69, 9.17) is 5.73 Å². The number of alkyl halides is 3. The number of halogens is 3. The fourth-order valence-electron chi connectivity index (χ4n) is 1.58. The Hall–Kier alpha value is -1.49. The molecule has 2 aromatic rings. The number of nitrogens with one attached hydrogen (secondary N) is 1. The number of hydrogen-bond donors (Lipinski definition) is 2. The summed E-state index contributed by atoms with van der Waals surface area (Å²) in [5.74, 6) is 0. The first kappa shape index (κ1) is 11.0. The van der Waals surface area contributed by atoms with E-state index >= 15 is 0 Å². The van der Waals surface area contributed by atoms with Crippen LogP contribution in [-0.4, -0.2) is 4.98 Å². The number of rotatable bonds is 1. The largest absolute Gasteiger partial charge is 0.416 e. The molecule has 0 radical (unpaired) electrons. The SMILES string of the molecule is CC(N)c1cc2cc(C(F)(F)F)ccc2[nH]1. The smallest absolute Gasteiger partial charge is 0.357 e. The molecular formula is C11H11F3N2. The molecule has 0 fully saturated rings. The van der Waals surface area contributed by atoms with Crippen LogP contribution in [-0.2, 0) is 6.18 Å². The Bertz CT molecular complexity index is 511. The first-order chi connectivity index (χ1) is 7.38. The quantitative estimate of drug-likeness (QED) is 0.773. The van der Waals surface area contributed by atoms with Gasteiger partial charge in [-0.15, -0.1) is 0 Å². The maximum Gasteiger partial charge on any atom is 0.416 e. The molecule has 1 aromatic heterocycles. The molecule has 0 aliphatic heterocycles. The summed E-state index contributed by atoms with van der Waals surface area (Å²) in [5.41, 5.74) is 6.40. The molecule has 0 aliphatic rings.